The van der Waals surface area contributed by atoms with Crippen LogP contribution in [0.2, 0.25) is 0 Å². The molecule has 0 unspecified atom stereocenters. The molecule has 1 amide bonds. The number of halogens is 1. The van der Waals surface area contributed by atoms with Crippen molar-refractivity contribution in [1.29, 1.82) is 0 Å². The van der Waals surface area contributed by atoms with Crippen LogP contribution in [0.1, 0.15) is 51.5 Å². The van der Waals surface area contributed by atoms with Gasteiger partial charge in [0.2, 0.25) is 0 Å². The summed E-state index contributed by atoms with van der Waals surface area (Å²) in [5.74, 6) is 0.282. The van der Waals surface area contributed by atoms with E-state index in [0.717, 1.165) is 16.5 Å². The summed E-state index contributed by atoms with van der Waals surface area (Å²) in [4.78, 5) is 25.9. The van der Waals surface area contributed by atoms with Crippen LogP contribution in [-0.4, -0.2) is 28.9 Å². The first-order valence-corrected chi connectivity index (χ1v) is 8.90. The molecule has 1 heterocycles. The molecule has 1 aromatic rings. The minimum atomic E-state index is -0.427. The molecule has 2 aliphatic rings. The molecule has 1 spiro atoms. The van der Waals surface area contributed by atoms with Gasteiger partial charge >= 0.3 is 6.09 Å². The average Bonchev–Trinajstić information content (AvgIpc) is 2.51. The molecule has 1 saturated heterocycles. The monoisotopic (exact) mass is 379 g/mol. The lowest BCUT2D eigenvalue weighted by molar-refractivity contribution is -0.130. The Hall–Kier alpha value is -1.36. The molecule has 0 radical (unpaired) electrons. The lowest BCUT2D eigenvalue weighted by Gasteiger charge is -2.48. The van der Waals surface area contributed by atoms with Crippen LogP contribution in [-0.2, 0) is 15.1 Å². The number of nitrogens with zero attached hydrogens (tertiary/aromatic N) is 1. The van der Waals surface area contributed by atoms with Crippen LogP contribution >= 0.6 is 15.9 Å². The van der Waals surface area contributed by atoms with Crippen molar-refractivity contribution < 1.29 is 14.3 Å². The second-order valence-corrected chi connectivity index (χ2v) is 7.97. The Kier molecular flexibility index (Phi) is 4.25. The smallest absolute Gasteiger partial charge is 0.411 e. The Morgan fingerprint density at radius 2 is 1.70 bits per heavy atom. The van der Waals surface area contributed by atoms with Crippen molar-refractivity contribution in [1.82, 2.24) is 4.90 Å². The predicted octanol–water partition coefficient (Wildman–Crippen LogP) is 4.41. The van der Waals surface area contributed by atoms with E-state index in [1.165, 1.54) is 0 Å². The van der Waals surface area contributed by atoms with Crippen molar-refractivity contribution in [3.05, 3.63) is 34.3 Å². The zero-order valence-electron chi connectivity index (χ0n) is 13.6. The van der Waals surface area contributed by atoms with Gasteiger partial charge in [-0.25, -0.2) is 4.79 Å². The van der Waals surface area contributed by atoms with Gasteiger partial charge in [0, 0.05) is 30.3 Å². The zero-order chi connectivity index (χ0) is 16.7. The molecule has 5 heteroatoms. The molecule has 1 aliphatic heterocycles. The van der Waals surface area contributed by atoms with Crippen molar-refractivity contribution in [3.8, 4) is 0 Å². The second kappa shape index (κ2) is 5.93. The quantitative estimate of drug-likeness (QED) is 0.764. The second-order valence-electron chi connectivity index (χ2n) is 7.06. The lowest BCUT2D eigenvalue weighted by atomic mass is 9.80. The largest absolute Gasteiger partial charge is 0.443 e. The van der Waals surface area contributed by atoms with E-state index in [2.05, 4.69) is 15.9 Å². The average molecular weight is 380 g/mol. The summed E-state index contributed by atoms with van der Waals surface area (Å²) >= 11 is 3.44. The molecule has 124 valence electrons. The summed E-state index contributed by atoms with van der Waals surface area (Å²) in [5, 5.41) is 0. The molecule has 0 aromatic heterocycles. The number of carbonyl (C=O) groups excluding carboxylic acids is 2. The van der Waals surface area contributed by atoms with Crippen molar-refractivity contribution in [2.45, 2.75) is 57.1 Å². The first-order valence-electron chi connectivity index (χ1n) is 8.11. The fourth-order valence-corrected chi connectivity index (χ4v) is 3.82. The summed E-state index contributed by atoms with van der Waals surface area (Å²) < 4.78 is 6.85. The van der Waals surface area contributed by atoms with E-state index in [0.29, 0.717) is 32.2 Å². The van der Waals surface area contributed by atoms with Gasteiger partial charge in [-0.2, -0.15) is 0 Å². The number of rotatable bonds is 2. The van der Waals surface area contributed by atoms with E-state index in [1.807, 2.05) is 38.1 Å². The highest BCUT2D eigenvalue weighted by Gasteiger charge is 2.46. The van der Waals surface area contributed by atoms with Crippen LogP contribution in [0.15, 0.2) is 28.7 Å². The SMILES string of the molecule is CC(C)(c1ccc(Br)cc1)N1CCC2(CCC(=O)CC2)OC1=O. The van der Waals surface area contributed by atoms with Crippen LogP contribution < -0.4 is 0 Å². The van der Waals surface area contributed by atoms with E-state index >= 15 is 0 Å². The Labute approximate surface area is 145 Å². The van der Waals surface area contributed by atoms with E-state index in [-0.39, 0.29) is 11.9 Å². The molecular weight excluding hydrogens is 358 g/mol. The summed E-state index contributed by atoms with van der Waals surface area (Å²) in [7, 11) is 0. The molecule has 1 aliphatic carbocycles. The third-order valence-electron chi connectivity index (χ3n) is 5.26. The van der Waals surface area contributed by atoms with Crippen LogP contribution in [0, 0.1) is 0 Å². The molecular formula is C18H22BrNO3. The van der Waals surface area contributed by atoms with Gasteiger partial charge in [0.05, 0.1) is 5.54 Å². The van der Waals surface area contributed by atoms with Crippen LogP contribution in [0.3, 0.4) is 0 Å². The number of benzene rings is 1. The van der Waals surface area contributed by atoms with Crippen LogP contribution in [0.4, 0.5) is 4.79 Å². The highest BCUT2D eigenvalue weighted by atomic mass is 79.9. The summed E-state index contributed by atoms with van der Waals surface area (Å²) in [6.45, 7) is 4.75. The topological polar surface area (TPSA) is 46.6 Å². The number of Topliss-reactive ketones (excluding diaryl/α,β-unsaturated/α-hetero) is 1. The lowest BCUT2D eigenvalue weighted by Crippen LogP contribution is -2.56. The Morgan fingerprint density at radius 1 is 1.09 bits per heavy atom. The van der Waals surface area contributed by atoms with Gasteiger partial charge in [-0.1, -0.05) is 28.1 Å². The minimum Gasteiger partial charge on any atom is -0.443 e. The standard InChI is InChI=1S/C18H22BrNO3/c1-17(2,13-3-5-14(19)6-4-13)20-12-11-18(23-16(20)22)9-7-15(21)8-10-18/h3-6H,7-12H2,1-2H3. The first kappa shape index (κ1) is 16.5. The number of hydrogen-bond acceptors (Lipinski definition) is 3. The van der Waals surface area contributed by atoms with E-state index < -0.39 is 11.1 Å². The zero-order valence-corrected chi connectivity index (χ0v) is 15.2. The molecule has 23 heavy (non-hydrogen) atoms. The molecule has 1 aromatic carbocycles. The van der Waals surface area contributed by atoms with Gasteiger partial charge in [0.1, 0.15) is 11.4 Å². The number of ketones is 1. The highest BCUT2D eigenvalue weighted by molar-refractivity contribution is 9.10. The predicted molar refractivity (Wildman–Crippen MR) is 91.2 cm³/mol. The third-order valence-corrected chi connectivity index (χ3v) is 5.79. The number of ether oxygens (including phenoxy) is 1. The van der Waals surface area contributed by atoms with Gasteiger partial charge in [-0.15, -0.1) is 0 Å². The van der Waals surface area contributed by atoms with E-state index in [9.17, 15) is 9.59 Å². The van der Waals surface area contributed by atoms with Crippen LogP contribution in [0.5, 0.6) is 0 Å². The van der Waals surface area contributed by atoms with Gasteiger partial charge in [-0.05, 0) is 44.4 Å². The Balaban J connectivity index is 1.76. The molecule has 0 atom stereocenters. The first-order chi connectivity index (χ1) is 10.8. The van der Waals surface area contributed by atoms with Crippen molar-refractivity contribution in [2.24, 2.45) is 0 Å². The maximum absolute atomic E-state index is 12.6. The summed E-state index contributed by atoms with van der Waals surface area (Å²) in [6, 6.07) is 8.03. The summed E-state index contributed by atoms with van der Waals surface area (Å²) in [5.41, 5.74) is 0.230. The molecule has 4 nitrogen and oxygen atoms in total. The molecule has 0 N–H and O–H groups in total. The number of hydrogen-bond donors (Lipinski definition) is 0. The number of carbonyl (C=O) groups is 2. The van der Waals surface area contributed by atoms with Gasteiger partial charge in [-0.3, -0.25) is 9.69 Å². The molecule has 1 saturated carbocycles. The van der Waals surface area contributed by atoms with E-state index in [4.69, 9.17) is 4.74 Å². The van der Waals surface area contributed by atoms with Crippen molar-refractivity contribution in [2.75, 3.05) is 6.54 Å². The van der Waals surface area contributed by atoms with Crippen molar-refractivity contribution >= 4 is 27.8 Å². The third kappa shape index (κ3) is 3.16. The fraction of sp³-hybridized carbons (Fsp3) is 0.556. The highest BCUT2D eigenvalue weighted by Crippen LogP contribution is 2.40. The maximum atomic E-state index is 12.6. The van der Waals surface area contributed by atoms with Gasteiger partial charge in [0.15, 0.2) is 0 Å². The fourth-order valence-electron chi connectivity index (χ4n) is 3.56. The Bertz CT molecular complexity index is 614. The minimum absolute atomic E-state index is 0.265. The molecule has 3 rings (SSSR count). The maximum Gasteiger partial charge on any atom is 0.411 e. The summed E-state index contributed by atoms with van der Waals surface area (Å²) in [6.07, 6.45) is 2.94. The Morgan fingerprint density at radius 3 is 2.26 bits per heavy atom. The van der Waals surface area contributed by atoms with E-state index in [1.54, 1.807) is 4.90 Å². The number of amides is 1. The normalized spacial score (nSPS) is 21.4. The van der Waals surface area contributed by atoms with Gasteiger partial charge in [0.25, 0.3) is 0 Å². The van der Waals surface area contributed by atoms with Crippen molar-refractivity contribution in [3.63, 3.8) is 0 Å². The van der Waals surface area contributed by atoms with Gasteiger partial charge < -0.3 is 4.74 Å². The molecule has 2 fully saturated rings. The van der Waals surface area contributed by atoms with Crippen LogP contribution in [0.25, 0.3) is 0 Å². The molecule has 0 bridgehead atoms.